The Morgan fingerprint density at radius 3 is 2.12 bits per heavy atom. The number of rotatable bonds is 12. The predicted octanol–water partition coefficient (Wildman–Crippen LogP) is 4.98. The fourth-order valence-corrected chi connectivity index (χ4v) is 4.27. The summed E-state index contributed by atoms with van der Waals surface area (Å²) >= 11 is 0. The first-order chi connectivity index (χ1) is 18.9. The highest BCUT2D eigenvalue weighted by Gasteiger charge is 2.37. The quantitative estimate of drug-likeness (QED) is 0.303. The molecule has 0 aliphatic heterocycles. The van der Waals surface area contributed by atoms with Gasteiger partial charge in [0.25, 0.3) is 5.91 Å². The van der Waals surface area contributed by atoms with Gasteiger partial charge in [0.2, 0.25) is 0 Å². The van der Waals surface area contributed by atoms with E-state index in [-0.39, 0.29) is 29.7 Å². The van der Waals surface area contributed by atoms with Gasteiger partial charge in [-0.1, -0.05) is 24.3 Å². The number of esters is 1. The number of pyridine rings is 1. The maximum atomic E-state index is 13.5. The number of carbonyl (C=O) groups is 2. The number of amides is 1. The van der Waals surface area contributed by atoms with Crippen molar-refractivity contribution in [1.82, 2.24) is 10.3 Å². The Labute approximate surface area is 232 Å². The Kier molecular flexibility index (Phi) is 10.2. The Balaban J connectivity index is 1.73. The average Bonchev–Trinajstić information content (AvgIpc) is 2.92. The van der Waals surface area contributed by atoms with Crippen LogP contribution in [0.2, 0.25) is 0 Å². The summed E-state index contributed by atoms with van der Waals surface area (Å²) in [7, 11) is 1.34. The first-order valence-electron chi connectivity index (χ1n) is 12.8. The van der Waals surface area contributed by atoms with E-state index in [1.807, 2.05) is 13.8 Å². The number of aromatic nitrogens is 1. The van der Waals surface area contributed by atoms with Crippen molar-refractivity contribution in [1.29, 1.82) is 0 Å². The Bertz CT molecular complexity index is 1300. The summed E-state index contributed by atoms with van der Waals surface area (Å²) in [4.78, 5) is 29.5. The number of ether oxygens (including phenoxy) is 3. The van der Waals surface area contributed by atoms with Crippen molar-refractivity contribution >= 4 is 11.9 Å². The fraction of sp³-hybridized carbons (Fsp3) is 0.367. The van der Waals surface area contributed by atoms with Crippen LogP contribution in [0.1, 0.15) is 49.3 Å². The van der Waals surface area contributed by atoms with Gasteiger partial charge < -0.3 is 24.6 Å². The number of halogens is 2. The normalized spacial score (nSPS) is 13.7. The summed E-state index contributed by atoms with van der Waals surface area (Å²) in [5.41, 5.74) is 0.446. The lowest BCUT2D eigenvalue weighted by Gasteiger charge is -2.38. The fourth-order valence-electron chi connectivity index (χ4n) is 4.27. The van der Waals surface area contributed by atoms with Gasteiger partial charge in [-0.25, -0.2) is 18.6 Å². The van der Waals surface area contributed by atoms with Crippen LogP contribution in [0.5, 0.6) is 11.5 Å². The molecule has 0 radical (unpaired) electrons. The second-order valence-corrected chi connectivity index (χ2v) is 10.0. The molecule has 0 saturated heterocycles. The van der Waals surface area contributed by atoms with Gasteiger partial charge in [0.05, 0.1) is 19.3 Å². The number of hydrogen-bond donors (Lipinski definition) is 2. The monoisotopic (exact) mass is 556 g/mol. The van der Waals surface area contributed by atoms with Crippen molar-refractivity contribution in [2.45, 2.75) is 58.5 Å². The van der Waals surface area contributed by atoms with Crippen molar-refractivity contribution in [3.63, 3.8) is 0 Å². The molecule has 2 N–H and O–H groups in total. The molecule has 0 spiro atoms. The van der Waals surface area contributed by atoms with Crippen molar-refractivity contribution in [2.75, 3.05) is 7.11 Å². The first kappa shape index (κ1) is 30.5. The average molecular weight is 557 g/mol. The van der Waals surface area contributed by atoms with Crippen LogP contribution in [0.15, 0.2) is 60.8 Å². The van der Waals surface area contributed by atoms with E-state index in [0.29, 0.717) is 6.42 Å². The molecule has 8 nitrogen and oxygen atoms in total. The summed E-state index contributed by atoms with van der Waals surface area (Å²) < 4.78 is 43.8. The van der Waals surface area contributed by atoms with E-state index in [2.05, 4.69) is 10.3 Å². The summed E-state index contributed by atoms with van der Waals surface area (Å²) in [5.74, 6) is -2.98. The second-order valence-electron chi connectivity index (χ2n) is 10.0. The molecule has 10 heteroatoms. The van der Waals surface area contributed by atoms with Crippen LogP contribution in [0.3, 0.4) is 0 Å². The Morgan fingerprint density at radius 2 is 1.55 bits per heavy atom. The third kappa shape index (κ3) is 7.98. The molecule has 0 bridgehead atoms. The zero-order valence-corrected chi connectivity index (χ0v) is 23.1. The second kappa shape index (κ2) is 13.3. The number of methoxy groups -OCH3 is 1. The predicted molar refractivity (Wildman–Crippen MR) is 144 cm³/mol. The highest BCUT2D eigenvalue weighted by molar-refractivity contribution is 5.97. The lowest BCUT2D eigenvalue weighted by molar-refractivity contribution is -0.162. The van der Waals surface area contributed by atoms with Crippen LogP contribution in [0.25, 0.3) is 0 Å². The summed E-state index contributed by atoms with van der Waals surface area (Å²) in [6.07, 6.45) is 1.00. The van der Waals surface area contributed by atoms with Crippen LogP contribution in [0, 0.1) is 17.6 Å². The highest BCUT2D eigenvalue weighted by Crippen LogP contribution is 2.32. The van der Waals surface area contributed by atoms with Gasteiger partial charge in [-0.2, -0.15) is 0 Å². The molecule has 1 heterocycles. The van der Waals surface area contributed by atoms with E-state index in [4.69, 9.17) is 14.2 Å². The Morgan fingerprint density at radius 1 is 0.975 bits per heavy atom. The van der Waals surface area contributed by atoms with Gasteiger partial charge in [-0.3, -0.25) is 4.79 Å². The molecule has 0 unspecified atom stereocenters. The minimum absolute atomic E-state index is 0.0653. The number of aromatic hydroxyl groups is 1. The molecule has 2 aromatic carbocycles. The van der Waals surface area contributed by atoms with Crippen LogP contribution >= 0.6 is 0 Å². The number of benzene rings is 2. The van der Waals surface area contributed by atoms with Gasteiger partial charge in [0.1, 0.15) is 23.8 Å². The molecule has 0 saturated carbocycles. The zero-order valence-electron chi connectivity index (χ0n) is 23.1. The standard InChI is InChI=1S/C30H34F2N2O6/c1-18(34-28(36)26-27(35)25(38-5)14-15-33-26)29(37)40-19(2)24(16-20-6-10-22(31)11-7-20)30(3,4)39-17-21-8-12-23(32)13-9-21/h6-15,18-19,24,35H,16-17H2,1-5H3,(H,34,36)/t18-,19-,24-/m0/s1. The molecule has 0 fully saturated rings. The molecule has 40 heavy (non-hydrogen) atoms. The first-order valence-corrected chi connectivity index (χ1v) is 12.8. The van der Waals surface area contributed by atoms with E-state index in [9.17, 15) is 23.5 Å². The maximum absolute atomic E-state index is 13.5. The molecule has 3 atom stereocenters. The molecule has 1 amide bonds. The molecule has 0 aliphatic carbocycles. The van der Waals surface area contributed by atoms with E-state index < -0.39 is 41.3 Å². The molecular weight excluding hydrogens is 522 g/mol. The number of nitrogens with zero attached hydrogens (tertiary/aromatic N) is 1. The van der Waals surface area contributed by atoms with Gasteiger partial charge in [0.15, 0.2) is 17.2 Å². The van der Waals surface area contributed by atoms with Gasteiger partial charge in [-0.15, -0.1) is 0 Å². The summed E-state index contributed by atoms with van der Waals surface area (Å²) in [6, 6.07) is 12.3. The van der Waals surface area contributed by atoms with E-state index in [1.54, 1.807) is 31.2 Å². The SMILES string of the molecule is COc1ccnc(C(=O)N[C@@H](C)C(=O)O[C@@H](C)[C@H](Cc2ccc(F)cc2)C(C)(C)OCc2ccc(F)cc2)c1O. The number of nitrogens with one attached hydrogen (secondary N) is 1. The molecule has 3 rings (SSSR count). The third-order valence-corrected chi connectivity index (χ3v) is 6.68. The summed E-state index contributed by atoms with van der Waals surface area (Å²) in [5, 5.41) is 12.7. The van der Waals surface area contributed by atoms with Crippen molar-refractivity contribution in [3.8, 4) is 11.5 Å². The Hall–Kier alpha value is -4.05. The van der Waals surface area contributed by atoms with Gasteiger partial charge in [0, 0.05) is 18.2 Å². The van der Waals surface area contributed by atoms with Crippen molar-refractivity contribution in [3.05, 3.63) is 89.2 Å². The third-order valence-electron chi connectivity index (χ3n) is 6.68. The van der Waals surface area contributed by atoms with Gasteiger partial charge in [-0.05, 0) is 69.5 Å². The zero-order chi connectivity index (χ0) is 29.4. The van der Waals surface area contributed by atoms with Crippen LogP contribution in [0.4, 0.5) is 8.78 Å². The van der Waals surface area contributed by atoms with Crippen LogP contribution in [-0.4, -0.2) is 46.8 Å². The maximum Gasteiger partial charge on any atom is 0.328 e. The molecule has 214 valence electrons. The van der Waals surface area contributed by atoms with E-state index in [0.717, 1.165) is 11.1 Å². The van der Waals surface area contributed by atoms with Crippen molar-refractivity contribution < 1.29 is 37.7 Å². The largest absolute Gasteiger partial charge is 0.503 e. The molecular formula is C30H34F2N2O6. The summed E-state index contributed by atoms with van der Waals surface area (Å²) in [6.45, 7) is 7.08. The molecule has 3 aromatic rings. The van der Waals surface area contributed by atoms with E-state index >= 15 is 0 Å². The lowest BCUT2D eigenvalue weighted by Crippen LogP contribution is -2.46. The number of carbonyl (C=O) groups excluding carboxylic acids is 2. The minimum Gasteiger partial charge on any atom is -0.503 e. The molecule has 0 aliphatic rings. The smallest absolute Gasteiger partial charge is 0.328 e. The van der Waals surface area contributed by atoms with Crippen LogP contribution in [-0.2, 0) is 27.3 Å². The lowest BCUT2D eigenvalue weighted by atomic mass is 9.81. The molecule has 1 aromatic heterocycles. The van der Waals surface area contributed by atoms with Gasteiger partial charge >= 0.3 is 5.97 Å². The highest BCUT2D eigenvalue weighted by atomic mass is 19.1. The minimum atomic E-state index is -1.07. The topological polar surface area (TPSA) is 107 Å². The number of hydrogen-bond acceptors (Lipinski definition) is 7. The van der Waals surface area contributed by atoms with Crippen LogP contribution < -0.4 is 10.1 Å². The van der Waals surface area contributed by atoms with Crippen molar-refractivity contribution in [2.24, 2.45) is 5.92 Å². The van der Waals surface area contributed by atoms with E-state index in [1.165, 1.54) is 50.6 Å².